The fourth-order valence-electron chi connectivity index (χ4n) is 2.20. The molecule has 0 amide bonds. The molecule has 1 fully saturated rings. The van der Waals surface area contributed by atoms with E-state index in [4.69, 9.17) is 5.11 Å². The molecule has 18 heavy (non-hydrogen) atoms. The van der Waals surface area contributed by atoms with Crippen molar-refractivity contribution in [3.8, 4) is 0 Å². The first-order chi connectivity index (χ1) is 8.72. The van der Waals surface area contributed by atoms with Crippen LogP contribution in [0.25, 0.3) is 5.65 Å². The number of aromatic nitrogens is 2. The SMILES string of the molecule is O=C(O)CN(Cc1cn2ccccc2n1)C1CC1. The average Bonchev–Trinajstić information content (AvgIpc) is 3.08. The molecule has 0 bridgehead atoms. The van der Waals surface area contributed by atoms with Crippen LogP contribution in [0.1, 0.15) is 18.5 Å². The third-order valence-electron chi connectivity index (χ3n) is 3.18. The molecule has 0 aliphatic heterocycles. The van der Waals surface area contributed by atoms with Crippen LogP contribution in [0.4, 0.5) is 0 Å². The summed E-state index contributed by atoms with van der Waals surface area (Å²) in [5.41, 5.74) is 1.83. The van der Waals surface area contributed by atoms with Gasteiger partial charge in [0.15, 0.2) is 0 Å². The molecule has 1 aliphatic rings. The maximum Gasteiger partial charge on any atom is 0.317 e. The van der Waals surface area contributed by atoms with Gasteiger partial charge in [-0.1, -0.05) is 6.07 Å². The Morgan fingerprint density at radius 1 is 1.50 bits per heavy atom. The van der Waals surface area contributed by atoms with Gasteiger partial charge in [0.2, 0.25) is 0 Å². The Labute approximate surface area is 105 Å². The third-order valence-corrected chi connectivity index (χ3v) is 3.18. The number of fused-ring (bicyclic) bond motifs is 1. The first-order valence-corrected chi connectivity index (χ1v) is 6.11. The minimum Gasteiger partial charge on any atom is -0.480 e. The van der Waals surface area contributed by atoms with Crippen molar-refractivity contribution in [3.05, 3.63) is 36.3 Å². The number of nitrogens with zero attached hydrogens (tertiary/aromatic N) is 3. The topological polar surface area (TPSA) is 57.8 Å². The van der Waals surface area contributed by atoms with Gasteiger partial charge >= 0.3 is 5.97 Å². The summed E-state index contributed by atoms with van der Waals surface area (Å²) in [6, 6.07) is 6.27. The molecular formula is C13H15N3O2. The van der Waals surface area contributed by atoms with Gasteiger partial charge in [0.1, 0.15) is 5.65 Å². The van der Waals surface area contributed by atoms with Crippen LogP contribution >= 0.6 is 0 Å². The lowest BCUT2D eigenvalue weighted by Crippen LogP contribution is -2.31. The van der Waals surface area contributed by atoms with E-state index in [1.54, 1.807) is 0 Å². The molecule has 0 unspecified atom stereocenters. The molecule has 0 saturated heterocycles. The number of rotatable bonds is 5. The molecule has 94 valence electrons. The van der Waals surface area contributed by atoms with Crippen molar-refractivity contribution in [1.82, 2.24) is 14.3 Å². The molecule has 0 radical (unpaired) electrons. The Bertz CT molecular complexity index is 541. The molecule has 5 heteroatoms. The lowest BCUT2D eigenvalue weighted by atomic mass is 10.4. The van der Waals surface area contributed by atoms with E-state index in [-0.39, 0.29) is 6.54 Å². The van der Waals surface area contributed by atoms with Crippen LogP contribution in [0.2, 0.25) is 0 Å². The second-order valence-corrected chi connectivity index (χ2v) is 4.73. The highest BCUT2D eigenvalue weighted by Crippen LogP contribution is 2.27. The number of pyridine rings is 1. The average molecular weight is 245 g/mol. The number of hydrogen-bond acceptors (Lipinski definition) is 3. The van der Waals surface area contributed by atoms with Crippen LogP contribution in [0.3, 0.4) is 0 Å². The van der Waals surface area contributed by atoms with E-state index in [0.29, 0.717) is 12.6 Å². The summed E-state index contributed by atoms with van der Waals surface area (Å²) < 4.78 is 1.96. The Hall–Kier alpha value is -1.88. The maximum atomic E-state index is 10.8. The third kappa shape index (κ3) is 2.36. The predicted octanol–water partition coefficient (Wildman–Crippen LogP) is 1.38. The van der Waals surface area contributed by atoms with Gasteiger partial charge in [0.25, 0.3) is 0 Å². The van der Waals surface area contributed by atoms with Crippen molar-refractivity contribution in [3.63, 3.8) is 0 Å². The van der Waals surface area contributed by atoms with Crippen molar-refractivity contribution >= 4 is 11.6 Å². The molecule has 5 nitrogen and oxygen atoms in total. The Kier molecular flexibility index (Phi) is 2.76. The summed E-state index contributed by atoms with van der Waals surface area (Å²) in [5.74, 6) is -0.773. The van der Waals surface area contributed by atoms with Crippen LogP contribution in [0, 0.1) is 0 Å². The van der Waals surface area contributed by atoms with Gasteiger partial charge in [-0.25, -0.2) is 4.98 Å². The van der Waals surface area contributed by atoms with E-state index in [1.807, 2.05) is 39.9 Å². The lowest BCUT2D eigenvalue weighted by Gasteiger charge is -2.17. The molecule has 2 aromatic rings. The number of carboxylic acid groups (broad SMARTS) is 1. The number of carbonyl (C=O) groups is 1. The second kappa shape index (κ2) is 4.42. The lowest BCUT2D eigenvalue weighted by molar-refractivity contribution is -0.138. The van der Waals surface area contributed by atoms with Crippen molar-refractivity contribution < 1.29 is 9.90 Å². The van der Waals surface area contributed by atoms with Gasteiger partial charge in [-0.2, -0.15) is 0 Å². The molecule has 0 spiro atoms. The van der Waals surface area contributed by atoms with E-state index in [2.05, 4.69) is 4.98 Å². The second-order valence-electron chi connectivity index (χ2n) is 4.73. The Balaban J connectivity index is 1.78. The van der Waals surface area contributed by atoms with Crippen LogP contribution in [0.5, 0.6) is 0 Å². The largest absolute Gasteiger partial charge is 0.480 e. The summed E-state index contributed by atoms with van der Waals surface area (Å²) >= 11 is 0. The molecule has 0 atom stereocenters. The van der Waals surface area contributed by atoms with E-state index < -0.39 is 5.97 Å². The zero-order valence-electron chi connectivity index (χ0n) is 9.99. The van der Waals surface area contributed by atoms with Gasteiger partial charge in [-0.15, -0.1) is 0 Å². The zero-order chi connectivity index (χ0) is 12.5. The molecule has 2 aromatic heterocycles. The van der Waals surface area contributed by atoms with Crippen LogP contribution in [0.15, 0.2) is 30.6 Å². The maximum absolute atomic E-state index is 10.8. The van der Waals surface area contributed by atoms with Crippen LogP contribution < -0.4 is 0 Å². The van der Waals surface area contributed by atoms with Crippen molar-refractivity contribution in [1.29, 1.82) is 0 Å². The molecule has 1 N–H and O–H groups in total. The summed E-state index contributed by atoms with van der Waals surface area (Å²) in [4.78, 5) is 17.3. The molecular weight excluding hydrogens is 230 g/mol. The number of hydrogen-bond donors (Lipinski definition) is 1. The van der Waals surface area contributed by atoms with Gasteiger partial charge in [0.05, 0.1) is 12.2 Å². The van der Waals surface area contributed by atoms with E-state index in [0.717, 1.165) is 24.2 Å². The molecule has 0 aromatic carbocycles. The minimum absolute atomic E-state index is 0.0958. The Morgan fingerprint density at radius 3 is 3.00 bits per heavy atom. The van der Waals surface area contributed by atoms with Crippen LogP contribution in [-0.4, -0.2) is 37.9 Å². The van der Waals surface area contributed by atoms with Gasteiger partial charge in [-0.05, 0) is 25.0 Å². The van der Waals surface area contributed by atoms with Gasteiger partial charge in [-0.3, -0.25) is 9.69 Å². The first kappa shape index (κ1) is 11.2. The van der Waals surface area contributed by atoms with Crippen molar-refractivity contribution in [2.75, 3.05) is 6.54 Å². The standard InChI is InChI=1S/C13H15N3O2/c17-13(18)9-16(11-4-5-11)8-10-7-15-6-2-1-3-12(15)14-10/h1-3,6-7,11H,4-5,8-9H2,(H,17,18). The number of carboxylic acids is 1. The van der Waals surface area contributed by atoms with Gasteiger partial charge in [0, 0.05) is 25.0 Å². The Morgan fingerprint density at radius 2 is 2.33 bits per heavy atom. The highest BCUT2D eigenvalue weighted by molar-refractivity contribution is 5.69. The van der Waals surface area contributed by atoms with E-state index in [9.17, 15) is 4.79 Å². The quantitative estimate of drug-likeness (QED) is 0.864. The van der Waals surface area contributed by atoms with E-state index >= 15 is 0 Å². The molecule has 1 aliphatic carbocycles. The smallest absolute Gasteiger partial charge is 0.317 e. The molecule has 2 heterocycles. The zero-order valence-corrected chi connectivity index (χ0v) is 9.99. The number of aliphatic carboxylic acids is 1. The molecule has 1 saturated carbocycles. The monoisotopic (exact) mass is 245 g/mol. The van der Waals surface area contributed by atoms with Crippen molar-refractivity contribution in [2.45, 2.75) is 25.4 Å². The predicted molar refractivity (Wildman–Crippen MR) is 66.3 cm³/mol. The highest BCUT2D eigenvalue weighted by atomic mass is 16.4. The van der Waals surface area contributed by atoms with Gasteiger partial charge < -0.3 is 9.51 Å². The summed E-state index contributed by atoms with van der Waals surface area (Å²) in [6.07, 6.45) is 6.11. The summed E-state index contributed by atoms with van der Waals surface area (Å²) in [5, 5.41) is 8.91. The van der Waals surface area contributed by atoms with Crippen LogP contribution in [-0.2, 0) is 11.3 Å². The fourth-order valence-corrected chi connectivity index (χ4v) is 2.20. The normalized spacial score (nSPS) is 15.4. The van der Waals surface area contributed by atoms with E-state index in [1.165, 1.54) is 0 Å². The number of imidazole rings is 1. The highest BCUT2D eigenvalue weighted by Gasteiger charge is 2.30. The fraction of sp³-hybridized carbons (Fsp3) is 0.385. The van der Waals surface area contributed by atoms with Crippen molar-refractivity contribution in [2.24, 2.45) is 0 Å². The molecule has 3 rings (SSSR count). The summed E-state index contributed by atoms with van der Waals surface area (Å²) in [6.45, 7) is 0.706. The first-order valence-electron chi connectivity index (χ1n) is 6.11. The summed E-state index contributed by atoms with van der Waals surface area (Å²) in [7, 11) is 0. The minimum atomic E-state index is -0.773.